The van der Waals surface area contributed by atoms with Crippen molar-refractivity contribution < 1.29 is 17.9 Å². The molecular weight excluding hydrogens is 350 g/mol. The third-order valence-electron chi connectivity index (χ3n) is 3.76. The summed E-state index contributed by atoms with van der Waals surface area (Å²) in [6.45, 7) is 6.16. The molecular formula is C20H25NO4S. The average Bonchev–Trinajstić information content (AvgIpc) is 2.59. The summed E-state index contributed by atoms with van der Waals surface area (Å²) in [6, 6.07) is 14.1. The van der Waals surface area contributed by atoms with Crippen LogP contribution in [-0.2, 0) is 21.2 Å². The van der Waals surface area contributed by atoms with E-state index in [0.717, 1.165) is 16.9 Å². The molecule has 0 fully saturated rings. The molecule has 0 aliphatic heterocycles. The van der Waals surface area contributed by atoms with Crippen molar-refractivity contribution in [2.45, 2.75) is 44.7 Å². The maximum Gasteiger partial charge on any atom is 0.221 e. The monoisotopic (exact) mass is 375 g/mol. The van der Waals surface area contributed by atoms with E-state index < -0.39 is 9.84 Å². The summed E-state index contributed by atoms with van der Waals surface area (Å²) in [5.74, 6) is 0.283. The molecule has 0 atom stereocenters. The Morgan fingerprint density at radius 3 is 2.23 bits per heavy atom. The van der Waals surface area contributed by atoms with Crippen LogP contribution in [0.5, 0.6) is 5.75 Å². The van der Waals surface area contributed by atoms with Crippen LogP contribution >= 0.6 is 0 Å². The van der Waals surface area contributed by atoms with Crippen molar-refractivity contribution in [3.8, 4) is 5.75 Å². The molecule has 2 aromatic rings. The summed E-state index contributed by atoms with van der Waals surface area (Å²) < 4.78 is 30.1. The zero-order chi connectivity index (χ0) is 19.2. The van der Waals surface area contributed by atoms with Gasteiger partial charge in [0.05, 0.1) is 16.8 Å². The molecule has 140 valence electrons. The number of sulfone groups is 1. The highest BCUT2D eigenvalue weighted by Gasteiger charge is 2.16. The van der Waals surface area contributed by atoms with E-state index in [-0.39, 0.29) is 29.1 Å². The van der Waals surface area contributed by atoms with Crippen LogP contribution in [-0.4, -0.2) is 26.2 Å². The standard InChI is InChI=1S/C20H25NO4S/c1-15(2)25-18-8-6-17(7-9-18)14-21-20(22)12-13-26(23,24)19-10-4-16(3)5-11-19/h4-11,15H,12-14H2,1-3H3,(H,21,22). The second-order valence-electron chi connectivity index (χ2n) is 6.47. The highest BCUT2D eigenvalue weighted by Crippen LogP contribution is 2.14. The van der Waals surface area contributed by atoms with Crippen molar-refractivity contribution in [1.29, 1.82) is 0 Å². The van der Waals surface area contributed by atoms with Crippen LogP contribution in [0.4, 0.5) is 0 Å². The second-order valence-corrected chi connectivity index (χ2v) is 8.58. The molecule has 2 aromatic carbocycles. The Balaban J connectivity index is 1.82. The molecule has 0 aliphatic carbocycles. The zero-order valence-electron chi connectivity index (χ0n) is 15.4. The van der Waals surface area contributed by atoms with Crippen LogP contribution in [0.25, 0.3) is 0 Å². The first-order valence-electron chi connectivity index (χ1n) is 8.58. The smallest absolute Gasteiger partial charge is 0.221 e. The van der Waals surface area contributed by atoms with Crippen molar-refractivity contribution in [2.75, 3.05) is 5.75 Å². The van der Waals surface area contributed by atoms with Gasteiger partial charge in [-0.15, -0.1) is 0 Å². The Morgan fingerprint density at radius 2 is 1.65 bits per heavy atom. The molecule has 0 saturated carbocycles. The number of carbonyl (C=O) groups excluding carboxylic acids is 1. The van der Waals surface area contributed by atoms with Gasteiger partial charge < -0.3 is 10.1 Å². The normalized spacial score (nSPS) is 11.4. The SMILES string of the molecule is Cc1ccc(S(=O)(=O)CCC(=O)NCc2ccc(OC(C)C)cc2)cc1. The van der Waals surface area contributed by atoms with Crippen molar-refractivity contribution in [2.24, 2.45) is 0 Å². The van der Waals surface area contributed by atoms with E-state index in [1.165, 1.54) is 0 Å². The largest absolute Gasteiger partial charge is 0.491 e. The van der Waals surface area contributed by atoms with Gasteiger partial charge in [-0.1, -0.05) is 29.8 Å². The molecule has 1 N–H and O–H groups in total. The van der Waals surface area contributed by atoms with E-state index in [2.05, 4.69) is 5.32 Å². The molecule has 0 bridgehead atoms. The van der Waals surface area contributed by atoms with Crippen molar-refractivity contribution in [3.05, 3.63) is 59.7 Å². The van der Waals surface area contributed by atoms with Gasteiger partial charge in [-0.05, 0) is 50.6 Å². The Labute approximate surface area is 155 Å². The highest BCUT2D eigenvalue weighted by molar-refractivity contribution is 7.91. The lowest BCUT2D eigenvalue weighted by Gasteiger charge is -2.10. The molecule has 26 heavy (non-hydrogen) atoms. The molecule has 6 heteroatoms. The van der Waals surface area contributed by atoms with Gasteiger partial charge in [-0.3, -0.25) is 4.79 Å². The number of nitrogens with one attached hydrogen (secondary N) is 1. The average molecular weight is 375 g/mol. The molecule has 0 aromatic heterocycles. The highest BCUT2D eigenvalue weighted by atomic mass is 32.2. The molecule has 5 nitrogen and oxygen atoms in total. The van der Waals surface area contributed by atoms with Crippen molar-refractivity contribution in [1.82, 2.24) is 5.32 Å². The van der Waals surface area contributed by atoms with Crippen LogP contribution in [0.2, 0.25) is 0 Å². The van der Waals surface area contributed by atoms with E-state index in [0.29, 0.717) is 6.54 Å². The molecule has 1 amide bonds. The summed E-state index contributed by atoms with van der Waals surface area (Å²) in [5.41, 5.74) is 1.92. The maximum atomic E-state index is 12.3. The number of hydrogen-bond acceptors (Lipinski definition) is 4. The van der Waals surface area contributed by atoms with Crippen molar-refractivity contribution in [3.63, 3.8) is 0 Å². The van der Waals surface area contributed by atoms with E-state index in [4.69, 9.17) is 4.74 Å². The summed E-state index contributed by atoms with van der Waals surface area (Å²) in [4.78, 5) is 12.2. The van der Waals surface area contributed by atoms with E-state index >= 15 is 0 Å². The van der Waals surface area contributed by atoms with Gasteiger partial charge in [0, 0.05) is 13.0 Å². The third kappa shape index (κ3) is 6.19. The molecule has 0 saturated heterocycles. The van der Waals surface area contributed by atoms with Gasteiger partial charge in [0.25, 0.3) is 0 Å². The summed E-state index contributed by atoms with van der Waals surface area (Å²) >= 11 is 0. The summed E-state index contributed by atoms with van der Waals surface area (Å²) in [6.07, 6.45) is 0.0427. The number of amides is 1. The lowest BCUT2D eigenvalue weighted by molar-refractivity contribution is -0.120. The maximum absolute atomic E-state index is 12.3. The summed E-state index contributed by atoms with van der Waals surface area (Å²) in [7, 11) is -3.45. The van der Waals surface area contributed by atoms with Crippen LogP contribution in [0, 0.1) is 6.92 Å². The second kappa shape index (κ2) is 8.85. The van der Waals surface area contributed by atoms with Crippen LogP contribution < -0.4 is 10.1 Å². The number of benzene rings is 2. The third-order valence-corrected chi connectivity index (χ3v) is 5.49. The number of ether oxygens (including phenoxy) is 1. The molecule has 0 aliphatic rings. The predicted octanol–water partition coefficient (Wildman–Crippen LogP) is 3.26. The zero-order valence-corrected chi connectivity index (χ0v) is 16.2. The Hall–Kier alpha value is -2.34. The van der Waals surface area contributed by atoms with E-state index in [1.54, 1.807) is 24.3 Å². The molecule has 0 radical (unpaired) electrons. The summed E-state index contributed by atoms with van der Waals surface area (Å²) in [5, 5.41) is 2.75. The topological polar surface area (TPSA) is 72.5 Å². The molecule has 0 unspecified atom stereocenters. The van der Waals surface area contributed by atoms with Crippen LogP contribution in [0.1, 0.15) is 31.4 Å². The van der Waals surface area contributed by atoms with Gasteiger partial charge in [-0.25, -0.2) is 8.42 Å². The van der Waals surface area contributed by atoms with Gasteiger partial charge >= 0.3 is 0 Å². The van der Waals surface area contributed by atoms with Gasteiger partial charge in [0.2, 0.25) is 5.91 Å². The lowest BCUT2D eigenvalue weighted by Crippen LogP contribution is -2.25. The first kappa shape index (κ1) is 20.0. The minimum atomic E-state index is -3.45. The molecule has 2 rings (SSSR count). The number of aryl methyl sites for hydroxylation is 1. The fourth-order valence-electron chi connectivity index (χ4n) is 2.34. The molecule has 0 spiro atoms. The molecule has 0 heterocycles. The fourth-order valence-corrected chi connectivity index (χ4v) is 3.58. The van der Waals surface area contributed by atoms with Crippen LogP contribution in [0.3, 0.4) is 0 Å². The first-order chi connectivity index (χ1) is 12.3. The Bertz CT molecular complexity index is 825. The van der Waals surface area contributed by atoms with Crippen molar-refractivity contribution >= 4 is 15.7 Å². The fraction of sp³-hybridized carbons (Fsp3) is 0.350. The van der Waals surface area contributed by atoms with Gasteiger partial charge in [-0.2, -0.15) is 0 Å². The van der Waals surface area contributed by atoms with Crippen LogP contribution in [0.15, 0.2) is 53.4 Å². The quantitative estimate of drug-likeness (QED) is 0.769. The Morgan fingerprint density at radius 1 is 1.04 bits per heavy atom. The van der Waals surface area contributed by atoms with Gasteiger partial charge in [0.15, 0.2) is 9.84 Å². The number of rotatable bonds is 8. The lowest BCUT2D eigenvalue weighted by atomic mass is 10.2. The minimum Gasteiger partial charge on any atom is -0.491 e. The van der Waals surface area contributed by atoms with E-state index in [9.17, 15) is 13.2 Å². The van der Waals surface area contributed by atoms with Gasteiger partial charge in [0.1, 0.15) is 5.75 Å². The Kier molecular flexibility index (Phi) is 6.80. The van der Waals surface area contributed by atoms with E-state index in [1.807, 2.05) is 45.0 Å². The number of hydrogen-bond donors (Lipinski definition) is 1. The predicted molar refractivity (Wildman–Crippen MR) is 102 cm³/mol. The first-order valence-corrected chi connectivity index (χ1v) is 10.2. The number of carbonyl (C=O) groups is 1. The minimum absolute atomic E-state index is 0.0647.